The summed E-state index contributed by atoms with van der Waals surface area (Å²) in [5, 5.41) is 11.1. The first-order chi connectivity index (χ1) is 17.5. The number of aromatic nitrogens is 5. The van der Waals surface area contributed by atoms with E-state index >= 15 is 0 Å². The second-order valence-electron chi connectivity index (χ2n) is 8.75. The van der Waals surface area contributed by atoms with E-state index in [1.54, 1.807) is 23.0 Å². The number of fused-ring (bicyclic) bond motifs is 1. The molecule has 5 rings (SSSR count). The Morgan fingerprint density at radius 3 is 2.67 bits per heavy atom. The van der Waals surface area contributed by atoms with Gasteiger partial charge in [0.1, 0.15) is 5.82 Å². The summed E-state index contributed by atoms with van der Waals surface area (Å²) in [6, 6.07) is 19.1. The Kier molecular flexibility index (Phi) is 6.40. The van der Waals surface area contributed by atoms with Crippen LogP contribution in [0.15, 0.2) is 73.1 Å². The number of benzene rings is 2. The largest absolute Gasteiger partial charge is 0.340 e. The van der Waals surface area contributed by atoms with Gasteiger partial charge in [0.05, 0.1) is 0 Å². The molecule has 0 aliphatic rings. The molecule has 3 aromatic heterocycles. The zero-order valence-corrected chi connectivity index (χ0v) is 20.5. The van der Waals surface area contributed by atoms with Crippen molar-refractivity contribution >= 4 is 28.9 Å². The van der Waals surface area contributed by atoms with Gasteiger partial charge in [-0.15, -0.1) is 5.10 Å². The maximum atomic E-state index is 13.0. The zero-order valence-electron chi connectivity index (χ0n) is 20.5. The fourth-order valence-corrected chi connectivity index (χ4v) is 4.04. The summed E-state index contributed by atoms with van der Waals surface area (Å²) in [7, 11) is 0. The van der Waals surface area contributed by atoms with E-state index in [0.717, 1.165) is 52.4 Å². The molecule has 8 nitrogen and oxygen atoms in total. The highest BCUT2D eigenvalue weighted by Crippen LogP contribution is 2.23. The monoisotopic (exact) mass is 477 g/mol. The van der Waals surface area contributed by atoms with Gasteiger partial charge >= 0.3 is 0 Å². The third kappa shape index (κ3) is 4.93. The van der Waals surface area contributed by atoms with E-state index in [9.17, 15) is 4.79 Å². The molecule has 0 saturated carbocycles. The second kappa shape index (κ2) is 9.95. The molecule has 0 aliphatic heterocycles. The number of anilines is 3. The van der Waals surface area contributed by atoms with Crippen LogP contribution in [0, 0.1) is 13.8 Å². The Labute approximate surface area is 209 Å². The van der Waals surface area contributed by atoms with Crippen LogP contribution in [0.2, 0.25) is 0 Å². The molecule has 5 aromatic rings. The van der Waals surface area contributed by atoms with Crippen molar-refractivity contribution < 1.29 is 4.79 Å². The highest BCUT2D eigenvalue weighted by atomic mass is 16.1. The van der Waals surface area contributed by atoms with Crippen molar-refractivity contribution in [2.75, 3.05) is 10.6 Å². The molecule has 3 heterocycles. The van der Waals surface area contributed by atoms with Gasteiger partial charge in [0.15, 0.2) is 5.82 Å². The number of carbonyl (C=O) groups is 1. The Hall–Kier alpha value is -4.59. The first kappa shape index (κ1) is 23.2. The maximum absolute atomic E-state index is 13.0. The van der Waals surface area contributed by atoms with Crippen molar-refractivity contribution in [3.63, 3.8) is 0 Å². The van der Waals surface area contributed by atoms with Gasteiger partial charge in [0.2, 0.25) is 0 Å². The quantitative estimate of drug-likeness (QED) is 0.310. The van der Waals surface area contributed by atoms with Crippen molar-refractivity contribution in [1.82, 2.24) is 24.6 Å². The molecule has 0 saturated heterocycles. The highest BCUT2D eigenvalue weighted by Gasteiger charge is 2.14. The zero-order chi connectivity index (χ0) is 25.1. The molecular weight excluding hydrogens is 450 g/mol. The summed E-state index contributed by atoms with van der Waals surface area (Å²) < 4.78 is 1.68. The molecule has 2 aromatic carbocycles. The first-order valence-electron chi connectivity index (χ1n) is 11.9. The molecule has 36 heavy (non-hydrogen) atoms. The molecule has 0 radical (unpaired) electrons. The molecule has 0 aliphatic carbocycles. The fraction of sp³-hybridized carbons (Fsp3) is 0.179. The number of nitrogens with zero attached hydrogens (tertiary/aromatic N) is 5. The smallest absolute Gasteiger partial charge is 0.255 e. The Morgan fingerprint density at radius 2 is 1.89 bits per heavy atom. The highest BCUT2D eigenvalue weighted by molar-refractivity contribution is 6.05. The maximum Gasteiger partial charge on any atom is 0.255 e. The van der Waals surface area contributed by atoms with E-state index in [4.69, 9.17) is 0 Å². The van der Waals surface area contributed by atoms with Crippen molar-refractivity contribution in [3.05, 3.63) is 95.4 Å². The van der Waals surface area contributed by atoms with Crippen LogP contribution in [0.5, 0.6) is 0 Å². The van der Waals surface area contributed by atoms with Gasteiger partial charge in [-0.05, 0) is 62.2 Å². The van der Waals surface area contributed by atoms with Crippen LogP contribution in [-0.2, 0) is 6.42 Å². The van der Waals surface area contributed by atoms with Gasteiger partial charge in [-0.1, -0.05) is 37.1 Å². The lowest BCUT2D eigenvalue weighted by molar-refractivity contribution is 0.102. The number of rotatable bonds is 7. The van der Waals surface area contributed by atoms with Crippen molar-refractivity contribution in [2.24, 2.45) is 0 Å². The van der Waals surface area contributed by atoms with Crippen molar-refractivity contribution in [1.29, 1.82) is 0 Å². The number of hydrogen-bond donors (Lipinski definition) is 2. The van der Waals surface area contributed by atoms with E-state index in [1.165, 1.54) is 0 Å². The van der Waals surface area contributed by atoms with Crippen LogP contribution < -0.4 is 10.6 Å². The predicted octanol–water partition coefficient (Wildman–Crippen LogP) is 5.75. The van der Waals surface area contributed by atoms with Crippen molar-refractivity contribution in [2.45, 2.75) is 33.6 Å². The fourth-order valence-electron chi connectivity index (χ4n) is 4.04. The number of pyridine rings is 1. The number of amides is 1. The van der Waals surface area contributed by atoms with Gasteiger partial charge in [-0.2, -0.15) is 9.50 Å². The third-order valence-electron chi connectivity index (χ3n) is 5.82. The Bertz CT molecular complexity index is 1540. The SMILES string of the molecule is CCCc1cc(Nc2cccc(C(=O)Nc3ccc(C)cc3C)c2)n2nc(-c3cccnc3)nc2n1. The Morgan fingerprint density at radius 1 is 1.00 bits per heavy atom. The van der Waals surface area contributed by atoms with E-state index < -0.39 is 0 Å². The van der Waals surface area contributed by atoms with Crippen LogP contribution in [-0.4, -0.2) is 30.5 Å². The lowest BCUT2D eigenvalue weighted by atomic mass is 10.1. The van der Waals surface area contributed by atoms with E-state index in [-0.39, 0.29) is 5.91 Å². The van der Waals surface area contributed by atoms with E-state index in [2.05, 4.69) is 37.6 Å². The van der Waals surface area contributed by atoms with Crippen LogP contribution >= 0.6 is 0 Å². The molecular formula is C28H27N7O. The number of hydrogen-bond acceptors (Lipinski definition) is 6. The summed E-state index contributed by atoms with van der Waals surface area (Å²) in [5.41, 5.74) is 6.02. The summed E-state index contributed by atoms with van der Waals surface area (Å²) in [5.74, 6) is 1.61. The third-order valence-corrected chi connectivity index (χ3v) is 5.82. The molecule has 0 unspecified atom stereocenters. The van der Waals surface area contributed by atoms with Crippen molar-refractivity contribution in [3.8, 4) is 11.4 Å². The van der Waals surface area contributed by atoms with Crippen LogP contribution in [0.4, 0.5) is 17.2 Å². The average molecular weight is 478 g/mol. The summed E-state index contributed by atoms with van der Waals surface area (Å²) in [6.07, 6.45) is 5.22. The lowest BCUT2D eigenvalue weighted by Gasteiger charge is -2.12. The van der Waals surface area contributed by atoms with Crippen LogP contribution in [0.1, 0.15) is 40.5 Å². The van der Waals surface area contributed by atoms with Gasteiger partial charge in [0, 0.05) is 46.7 Å². The number of carbonyl (C=O) groups excluding carboxylic acids is 1. The minimum absolute atomic E-state index is 0.170. The number of aryl methyl sites for hydroxylation is 3. The van der Waals surface area contributed by atoms with E-state index in [0.29, 0.717) is 17.2 Å². The van der Waals surface area contributed by atoms with Gasteiger partial charge in [-0.3, -0.25) is 9.78 Å². The minimum atomic E-state index is -0.170. The molecule has 0 bridgehead atoms. The average Bonchev–Trinajstić information content (AvgIpc) is 3.31. The lowest BCUT2D eigenvalue weighted by Crippen LogP contribution is -2.13. The summed E-state index contributed by atoms with van der Waals surface area (Å²) >= 11 is 0. The van der Waals surface area contributed by atoms with E-state index in [1.807, 2.05) is 68.4 Å². The van der Waals surface area contributed by atoms with Gasteiger partial charge in [-0.25, -0.2) is 4.98 Å². The molecule has 8 heteroatoms. The second-order valence-corrected chi connectivity index (χ2v) is 8.75. The molecule has 0 spiro atoms. The molecule has 1 amide bonds. The van der Waals surface area contributed by atoms with Crippen LogP contribution in [0.25, 0.3) is 17.2 Å². The normalized spacial score (nSPS) is 11.0. The van der Waals surface area contributed by atoms with Gasteiger partial charge in [0.25, 0.3) is 11.7 Å². The standard InChI is InChI=1S/C28H27N7O/c1-4-7-22-16-25(35-28(31-22)33-26(34-35)21-9-6-13-29-17-21)30-23-10-5-8-20(15-23)27(36)32-24-12-11-18(2)14-19(24)3/h5-6,8-17,30H,4,7H2,1-3H3,(H,32,36). The first-order valence-corrected chi connectivity index (χ1v) is 11.9. The summed E-state index contributed by atoms with van der Waals surface area (Å²) in [4.78, 5) is 26.5. The molecule has 2 N–H and O–H groups in total. The predicted molar refractivity (Wildman–Crippen MR) is 142 cm³/mol. The van der Waals surface area contributed by atoms with Crippen LogP contribution in [0.3, 0.4) is 0 Å². The molecule has 0 fully saturated rings. The topological polar surface area (TPSA) is 97.1 Å². The Balaban J connectivity index is 1.46. The number of nitrogens with one attached hydrogen (secondary N) is 2. The van der Waals surface area contributed by atoms with Gasteiger partial charge < -0.3 is 10.6 Å². The summed E-state index contributed by atoms with van der Waals surface area (Å²) in [6.45, 7) is 6.13. The molecule has 0 atom stereocenters. The molecule has 180 valence electrons. The minimum Gasteiger partial charge on any atom is -0.340 e.